The van der Waals surface area contributed by atoms with E-state index >= 15 is 0 Å². The fourth-order valence-electron chi connectivity index (χ4n) is 4.14. The minimum absolute atomic E-state index is 0.0200. The number of hydrogen-bond acceptors (Lipinski definition) is 7. The van der Waals surface area contributed by atoms with Gasteiger partial charge in [-0.2, -0.15) is 0 Å². The monoisotopic (exact) mass is 489 g/mol. The van der Waals surface area contributed by atoms with Crippen molar-refractivity contribution in [3.63, 3.8) is 0 Å². The van der Waals surface area contributed by atoms with Crippen LogP contribution in [0.15, 0.2) is 60.7 Å². The Kier molecular flexibility index (Phi) is 8.33. The SMILES string of the molecule is COc1ccccc1-c1ccc(N2CCC(C(=O)Nc3ccc(OCCNC(C)=O)cc3)CC2)nn1. The average Bonchev–Trinajstić information content (AvgIpc) is 2.92. The Balaban J connectivity index is 1.25. The number of para-hydroxylation sites is 1. The van der Waals surface area contributed by atoms with Crippen molar-refractivity contribution in [2.45, 2.75) is 19.8 Å². The molecule has 0 saturated carbocycles. The van der Waals surface area contributed by atoms with Crippen LogP contribution in [0.2, 0.25) is 0 Å². The first-order chi connectivity index (χ1) is 17.5. The fraction of sp³-hybridized carbons (Fsp3) is 0.333. The zero-order valence-electron chi connectivity index (χ0n) is 20.6. The van der Waals surface area contributed by atoms with Gasteiger partial charge in [-0.25, -0.2) is 0 Å². The van der Waals surface area contributed by atoms with Crippen LogP contribution in [-0.4, -0.2) is 55.4 Å². The van der Waals surface area contributed by atoms with Gasteiger partial charge in [0.25, 0.3) is 0 Å². The number of carbonyl (C=O) groups excluding carboxylic acids is 2. The molecule has 2 N–H and O–H groups in total. The highest BCUT2D eigenvalue weighted by atomic mass is 16.5. The predicted molar refractivity (Wildman–Crippen MR) is 138 cm³/mol. The number of hydrogen-bond donors (Lipinski definition) is 2. The van der Waals surface area contributed by atoms with Gasteiger partial charge in [0.1, 0.15) is 18.1 Å². The fourth-order valence-corrected chi connectivity index (χ4v) is 4.14. The van der Waals surface area contributed by atoms with Crippen LogP contribution in [0.4, 0.5) is 11.5 Å². The molecule has 2 heterocycles. The van der Waals surface area contributed by atoms with Gasteiger partial charge in [-0.05, 0) is 61.4 Å². The van der Waals surface area contributed by atoms with Crippen molar-refractivity contribution in [1.82, 2.24) is 15.5 Å². The molecule has 0 bridgehead atoms. The number of amides is 2. The minimum atomic E-state index is -0.0857. The van der Waals surface area contributed by atoms with Crippen molar-refractivity contribution >= 4 is 23.3 Å². The first kappa shape index (κ1) is 25.0. The maximum absolute atomic E-state index is 12.8. The van der Waals surface area contributed by atoms with Gasteiger partial charge in [0.2, 0.25) is 11.8 Å². The lowest BCUT2D eigenvalue weighted by atomic mass is 9.95. The molecule has 0 radical (unpaired) electrons. The first-order valence-corrected chi connectivity index (χ1v) is 12.0. The molecular weight excluding hydrogens is 458 g/mol. The Hall–Kier alpha value is -4.14. The number of ether oxygens (including phenoxy) is 2. The summed E-state index contributed by atoms with van der Waals surface area (Å²) in [4.78, 5) is 25.8. The highest BCUT2D eigenvalue weighted by Gasteiger charge is 2.26. The van der Waals surface area contributed by atoms with Crippen molar-refractivity contribution in [3.05, 3.63) is 60.7 Å². The summed E-state index contributed by atoms with van der Waals surface area (Å²) >= 11 is 0. The number of benzene rings is 2. The average molecular weight is 490 g/mol. The summed E-state index contributed by atoms with van der Waals surface area (Å²) in [5, 5.41) is 14.5. The summed E-state index contributed by atoms with van der Waals surface area (Å²) in [6, 6.07) is 18.9. The van der Waals surface area contributed by atoms with E-state index < -0.39 is 0 Å². The van der Waals surface area contributed by atoms with E-state index in [-0.39, 0.29) is 17.7 Å². The molecule has 0 atom stereocenters. The second-order valence-electron chi connectivity index (χ2n) is 8.58. The number of anilines is 2. The van der Waals surface area contributed by atoms with E-state index in [2.05, 4.69) is 25.7 Å². The van der Waals surface area contributed by atoms with Gasteiger partial charge in [0.05, 0.1) is 19.3 Å². The Labute approximate surface area is 210 Å². The Bertz CT molecular complexity index is 1160. The van der Waals surface area contributed by atoms with Gasteiger partial charge in [-0.3, -0.25) is 9.59 Å². The third-order valence-electron chi connectivity index (χ3n) is 6.09. The summed E-state index contributed by atoms with van der Waals surface area (Å²) in [6.07, 6.45) is 1.48. The molecule has 9 nitrogen and oxygen atoms in total. The zero-order valence-corrected chi connectivity index (χ0v) is 20.6. The smallest absolute Gasteiger partial charge is 0.227 e. The van der Waals surface area contributed by atoms with Crippen molar-refractivity contribution in [3.8, 4) is 22.8 Å². The lowest BCUT2D eigenvalue weighted by Gasteiger charge is -2.31. The lowest BCUT2D eigenvalue weighted by molar-refractivity contribution is -0.120. The summed E-state index contributed by atoms with van der Waals surface area (Å²) in [6.45, 7) is 3.78. The van der Waals surface area contributed by atoms with Gasteiger partial charge in [-0.1, -0.05) is 12.1 Å². The number of nitrogens with one attached hydrogen (secondary N) is 2. The molecule has 9 heteroatoms. The van der Waals surface area contributed by atoms with E-state index in [1.54, 1.807) is 19.2 Å². The summed E-state index contributed by atoms with van der Waals surface area (Å²) < 4.78 is 11.0. The van der Waals surface area contributed by atoms with Crippen molar-refractivity contribution < 1.29 is 19.1 Å². The van der Waals surface area contributed by atoms with Crippen LogP contribution in [0.5, 0.6) is 11.5 Å². The van der Waals surface area contributed by atoms with Crippen LogP contribution in [0, 0.1) is 5.92 Å². The lowest BCUT2D eigenvalue weighted by Crippen LogP contribution is -2.38. The molecule has 36 heavy (non-hydrogen) atoms. The van der Waals surface area contributed by atoms with Crippen LogP contribution in [-0.2, 0) is 9.59 Å². The van der Waals surface area contributed by atoms with Gasteiger partial charge >= 0.3 is 0 Å². The second-order valence-corrected chi connectivity index (χ2v) is 8.58. The number of piperidine rings is 1. The molecule has 2 amide bonds. The maximum Gasteiger partial charge on any atom is 0.227 e. The van der Waals surface area contributed by atoms with E-state index in [0.717, 1.165) is 54.4 Å². The number of methoxy groups -OCH3 is 1. The van der Waals surface area contributed by atoms with E-state index in [1.165, 1.54) is 6.92 Å². The normalized spacial score (nSPS) is 13.7. The molecule has 1 saturated heterocycles. The zero-order chi connectivity index (χ0) is 25.3. The van der Waals surface area contributed by atoms with Crippen LogP contribution in [0.25, 0.3) is 11.3 Å². The van der Waals surface area contributed by atoms with Crippen molar-refractivity contribution in [2.24, 2.45) is 5.92 Å². The topological polar surface area (TPSA) is 106 Å². The number of rotatable bonds is 9. The molecule has 1 fully saturated rings. The van der Waals surface area contributed by atoms with E-state index in [0.29, 0.717) is 18.9 Å². The van der Waals surface area contributed by atoms with Gasteiger partial charge in [-0.15, -0.1) is 10.2 Å². The van der Waals surface area contributed by atoms with Crippen LogP contribution in [0.3, 0.4) is 0 Å². The molecule has 2 aromatic carbocycles. The molecule has 3 aromatic rings. The Morgan fingerprint density at radius 1 is 1.00 bits per heavy atom. The molecule has 0 unspecified atom stereocenters. The summed E-state index contributed by atoms with van der Waals surface area (Å²) in [5.74, 6) is 2.13. The van der Waals surface area contributed by atoms with Crippen molar-refractivity contribution in [1.29, 1.82) is 0 Å². The molecular formula is C27H31N5O4. The molecule has 0 aliphatic carbocycles. The first-order valence-electron chi connectivity index (χ1n) is 12.0. The predicted octanol–water partition coefficient (Wildman–Crippen LogP) is 3.52. The highest BCUT2D eigenvalue weighted by Crippen LogP contribution is 2.29. The maximum atomic E-state index is 12.8. The van der Waals surface area contributed by atoms with E-state index in [1.807, 2.05) is 48.5 Å². The van der Waals surface area contributed by atoms with Crippen molar-refractivity contribution in [2.75, 3.05) is 43.6 Å². The quantitative estimate of drug-likeness (QED) is 0.443. The molecule has 4 rings (SSSR count). The second kappa shape index (κ2) is 12.0. The number of nitrogens with zero attached hydrogens (tertiary/aromatic N) is 3. The summed E-state index contributed by atoms with van der Waals surface area (Å²) in [5.41, 5.74) is 2.39. The molecule has 0 spiro atoms. The van der Waals surface area contributed by atoms with Crippen LogP contribution < -0.4 is 25.0 Å². The number of aromatic nitrogens is 2. The number of carbonyl (C=O) groups is 2. The van der Waals surface area contributed by atoms with Crippen LogP contribution in [0.1, 0.15) is 19.8 Å². The molecule has 1 aliphatic rings. The summed E-state index contributed by atoms with van der Waals surface area (Å²) in [7, 11) is 1.64. The van der Waals surface area contributed by atoms with Gasteiger partial charge in [0.15, 0.2) is 5.82 Å². The Morgan fingerprint density at radius 2 is 1.75 bits per heavy atom. The minimum Gasteiger partial charge on any atom is -0.496 e. The molecule has 188 valence electrons. The molecule has 1 aliphatic heterocycles. The van der Waals surface area contributed by atoms with Gasteiger partial charge in [0, 0.05) is 37.2 Å². The molecule has 1 aromatic heterocycles. The third kappa shape index (κ3) is 6.50. The largest absolute Gasteiger partial charge is 0.496 e. The van der Waals surface area contributed by atoms with E-state index in [4.69, 9.17) is 9.47 Å². The van der Waals surface area contributed by atoms with E-state index in [9.17, 15) is 9.59 Å². The van der Waals surface area contributed by atoms with Crippen LogP contribution >= 0.6 is 0 Å². The Morgan fingerprint density at radius 3 is 2.42 bits per heavy atom. The highest BCUT2D eigenvalue weighted by molar-refractivity contribution is 5.92. The standard InChI is InChI=1S/C27H31N5O4/c1-19(33)28-15-18-36-22-9-7-21(8-10-22)29-27(34)20-13-16-32(17-14-20)26-12-11-24(30-31-26)23-5-3-4-6-25(23)35-2/h3-12,20H,13-18H2,1-2H3,(H,28,33)(H,29,34). The third-order valence-corrected chi connectivity index (χ3v) is 6.09. The van der Waals surface area contributed by atoms with Gasteiger partial charge < -0.3 is 25.0 Å².